The number of rotatable bonds is 2. The molecule has 0 fully saturated rings. The molecule has 0 bridgehead atoms. The van der Waals surface area contributed by atoms with Crippen molar-refractivity contribution >= 4 is 21.6 Å². The van der Waals surface area contributed by atoms with Gasteiger partial charge < -0.3 is 4.74 Å². The highest BCUT2D eigenvalue weighted by Crippen LogP contribution is 2.35. The van der Waals surface area contributed by atoms with Gasteiger partial charge in [0.05, 0.1) is 12.7 Å². The molecule has 5 nitrogen and oxygen atoms in total. The van der Waals surface area contributed by atoms with E-state index < -0.39 is 0 Å². The number of nitrogens with zero attached hydrogens (tertiary/aromatic N) is 2. The molecule has 0 unspecified atom stereocenters. The first-order valence-corrected chi connectivity index (χ1v) is 7.23. The Morgan fingerprint density at radius 1 is 1.29 bits per heavy atom. The number of nitrogens with one attached hydrogen (secondary N) is 1. The van der Waals surface area contributed by atoms with Crippen molar-refractivity contribution in [3.63, 3.8) is 0 Å². The Morgan fingerprint density at radius 3 is 2.76 bits per heavy atom. The van der Waals surface area contributed by atoms with Gasteiger partial charge in [-0.25, -0.2) is 9.50 Å². The van der Waals surface area contributed by atoms with Crippen molar-refractivity contribution in [3.8, 4) is 16.9 Å². The first-order chi connectivity index (χ1) is 10.0. The summed E-state index contributed by atoms with van der Waals surface area (Å²) in [5.74, 6) is 0.727. The Morgan fingerprint density at radius 2 is 2.05 bits per heavy atom. The number of hydrogen-bond donors (Lipinski definition) is 1. The molecule has 21 heavy (non-hydrogen) atoms. The minimum Gasteiger partial charge on any atom is -0.496 e. The lowest BCUT2D eigenvalue weighted by Crippen LogP contribution is -2.14. The number of hydrogen-bond acceptors (Lipinski definition) is 3. The predicted molar refractivity (Wildman–Crippen MR) is 85.0 cm³/mol. The van der Waals surface area contributed by atoms with Crippen molar-refractivity contribution in [2.75, 3.05) is 7.11 Å². The number of aryl methyl sites for hydroxylation is 2. The third kappa shape index (κ3) is 2.25. The Labute approximate surface area is 129 Å². The molecular formula is C15H14BrN3O2. The van der Waals surface area contributed by atoms with Gasteiger partial charge in [0, 0.05) is 27.5 Å². The van der Waals surface area contributed by atoms with E-state index in [4.69, 9.17) is 4.74 Å². The van der Waals surface area contributed by atoms with Gasteiger partial charge in [0.15, 0.2) is 5.65 Å². The zero-order chi connectivity index (χ0) is 15.1. The second kappa shape index (κ2) is 5.04. The van der Waals surface area contributed by atoms with Crippen LogP contribution in [-0.4, -0.2) is 21.7 Å². The van der Waals surface area contributed by atoms with Crippen LogP contribution in [0, 0.1) is 13.8 Å². The van der Waals surface area contributed by atoms with Crippen LogP contribution in [0.2, 0.25) is 0 Å². The molecule has 0 amide bonds. The summed E-state index contributed by atoms with van der Waals surface area (Å²) in [6.07, 6.45) is 0. The van der Waals surface area contributed by atoms with Crippen molar-refractivity contribution in [2.45, 2.75) is 13.8 Å². The third-order valence-electron chi connectivity index (χ3n) is 3.36. The molecule has 6 heteroatoms. The number of halogens is 1. The number of aromatic nitrogens is 3. The Balaban J connectivity index is 2.40. The van der Waals surface area contributed by atoms with Crippen molar-refractivity contribution in [3.05, 3.63) is 50.5 Å². The van der Waals surface area contributed by atoms with Crippen LogP contribution in [0.1, 0.15) is 11.4 Å². The van der Waals surface area contributed by atoms with E-state index in [1.807, 2.05) is 32.0 Å². The maximum Gasteiger partial charge on any atom is 0.272 e. The van der Waals surface area contributed by atoms with E-state index in [2.05, 4.69) is 26.0 Å². The highest BCUT2D eigenvalue weighted by atomic mass is 79.9. The van der Waals surface area contributed by atoms with Gasteiger partial charge in [0.2, 0.25) is 0 Å². The molecule has 108 valence electrons. The number of fused-ring (bicyclic) bond motifs is 1. The summed E-state index contributed by atoms with van der Waals surface area (Å²) >= 11 is 3.43. The molecule has 0 saturated carbocycles. The summed E-state index contributed by atoms with van der Waals surface area (Å²) in [6, 6.07) is 7.29. The largest absolute Gasteiger partial charge is 0.496 e. The average molecular weight is 348 g/mol. The fraction of sp³-hybridized carbons (Fsp3) is 0.200. The van der Waals surface area contributed by atoms with Crippen molar-refractivity contribution in [1.82, 2.24) is 14.6 Å². The molecular weight excluding hydrogens is 334 g/mol. The quantitative estimate of drug-likeness (QED) is 0.774. The Bertz CT molecular complexity index is 896. The third-order valence-corrected chi connectivity index (χ3v) is 3.85. The molecule has 1 N–H and O–H groups in total. The van der Waals surface area contributed by atoms with E-state index in [0.29, 0.717) is 11.3 Å². The van der Waals surface area contributed by atoms with E-state index >= 15 is 0 Å². The number of H-pyrrole nitrogens is 1. The summed E-state index contributed by atoms with van der Waals surface area (Å²) in [7, 11) is 1.63. The molecule has 0 spiro atoms. The van der Waals surface area contributed by atoms with Crippen LogP contribution in [0.25, 0.3) is 16.8 Å². The fourth-order valence-corrected chi connectivity index (χ4v) is 2.80. The van der Waals surface area contributed by atoms with Crippen LogP contribution >= 0.6 is 15.9 Å². The molecule has 1 aromatic carbocycles. The molecule has 0 atom stereocenters. The summed E-state index contributed by atoms with van der Waals surface area (Å²) in [4.78, 5) is 16.6. The van der Waals surface area contributed by atoms with Crippen molar-refractivity contribution in [1.29, 1.82) is 0 Å². The molecule has 0 aliphatic rings. The molecule has 2 aromatic heterocycles. The highest BCUT2D eigenvalue weighted by Gasteiger charge is 2.17. The second-order valence-corrected chi connectivity index (χ2v) is 5.77. The molecule has 2 heterocycles. The molecule has 0 aliphatic heterocycles. The Kier molecular flexibility index (Phi) is 3.33. The zero-order valence-electron chi connectivity index (χ0n) is 11.9. The van der Waals surface area contributed by atoms with Gasteiger partial charge in [-0.05, 0) is 32.0 Å². The van der Waals surface area contributed by atoms with Crippen LogP contribution in [0.5, 0.6) is 5.75 Å². The van der Waals surface area contributed by atoms with Crippen molar-refractivity contribution < 1.29 is 4.74 Å². The summed E-state index contributed by atoms with van der Waals surface area (Å²) < 4.78 is 7.85. The van der Waals surface area contributed by atoms with E-state index in [-0.39, 0.29) is 5.56 Å². The average Bonchev–Trinajstić information content (AvgIpc) is 2.75. The maximum absolute atomic E-state index is 12.1. The van der Waals surface area contributed by atoms with E-state index in [1.54, 1.807) is 7.11 Å². The normalized spacial score (nSPS) is 11.0. The monoisotopic (exact) mass is 347 g/mol. The maximum atomic E-state index is 12.1. The standard InChI is InChI=1S/C15H14BrN3O2/c1-8-6-13(20)19-15(17-8)14(9(2)18-19)11-5-4-10(16)7-12(11)21-3/h4-7,18H,1-3H3. The van der Waals surface area contributed by atoms with E-state index in [1.165, 1.54) is 10.6 Å². The van der Waals surface area contributed by atoms with Gasteiger partial charge >= 0.3 is 0 Å². The summed E-state index contributed by atoms with van der Waals surface area (Å²) in [5.41, 5.74) is 3.82. The predicted octanol–water partition coefficient (Wildman–Crippen LogP) is 3.08. The first-order valence-electron chi connectivity index (χ1n) is 6.44. The van der Waals surface area contributed by atoms with Gasteiger partial charge in [-0.3, -0.25) is 9.89 Å². The Hall–Kier alpha value is -2.08. The van der Waals surface area contributed by atoms with Gasteiger partial charge in [0.25, 0.3) is 5.56 Å². The van der Waals surface area contributed by atoms with Crippen LogP contribution in [0.15, 0.2) is 33.5 Å². The van der Waals surface area contributed by atoms with Crippen LogP contribution in [0.3, 0.4) is 0 Å². The summed E-state index contributed by atoms with van der Waals surface area (Å²) in [6.45, 7) is 3.73. The topological polar surface area (TPSA) is 59.4 Å². The molecule has 0 radical (unpaired) electrons. The minimum atomic E-state index is -0.122. The number of aromatic amines is 1. The smallest absolute Gasteiger partial charge is 0.272 e. The van der Waals surface area contributed by atoms with Crippen LogP contribution < -0.4 is 10.3 Å². The van der Waals surface area contributed by atoms with Gasteiger partial charge in [0.1, 0.15) is 5.75 Å². The van der Waals surface area contributed by atoms with Gasteiger partial charge in [-0.1, -0.05) is 15.9 Å². The van der Waals surface area contributed by atoms with Crippen LogP contribution in [-0.2, 0) is 0 Å². The lowest BCUT2D eigenvalue weighted by molar-refractivity contribution is 0.416. The van der Waals surface area contributed by atoms with E-state index in [0.717, 1.165) is 27.0 Å². The van der Waals surface area contributed by atoms with Crippen molar-refractivity contribution in [2.24, 2.45) is 0 Å². The first kappa shape index (κ1) is 13.9. The molecule has 3 aromatic rings. The molecule has 0 saturated heterocycles. The zero-order valence-corrected chi connectivity index (χ0v) is 13.5. The number of methoxy groups -OCH3 is 1. The lowest BCUT2D eigenvalue weighted by atomic mass is 10.1. The highest BCUT2D eigenvalue weighted by molar-refractivity contribution is 9.10. The number of benzene rings is 1. The molecule has 0 aliphatic carbocycles. The molecule has 3 rings (SSSR count). The summed E-state index contributed by atoms with van der Waals surface area (Å²) in [5, 5.41) is 3.06. The number of ether oxygens (including phenoxy) is 1. The lowest BCUT2D eigenvalue weighted by Gasteiger charge is -2.08. The van der Waals surface area contributed by atoms with E-state index in [9.17, 15) is 4.79 Å². The van der Waals surface area contributed by atoms with Gasteiger partial charge in [-0.15, -0.1) is 0 Å². The fourth-order valence-electron chi connectivity index (χ4n) is 2.46. The second-order valence-electron chi connectivity index (χ2n) is 4.85. The minimum absolute atomic E-state index is 0.122. The SMILES string of the molecule is COc1cc(Br)ccc1-c1c(C)[nH]n2c(=O)cc(C)nc12. The van der Waals surface area contributed by atoms with Gasteiger partial charge in [-0.2, -0.15) is 0 Å². The van der Waals surface area contributed by atoms with Crippen LogP contribution in [0.4, 0.5) is 0 Å².